The lowest BCUT2D eigenvalue weighted by Gasteiger charge is -2.10. The van der Waals surface area contributed by atoms with Crippen LogP contribution in [-0.2, 0) is 23.0 Å². The summed E-state index contributed by atoms with van der Waals surface area (Å²) in [5.41, 5.74) is 0.498. The highest BCUT2D eigenvalue weighted by Crippen LogP contribution is 2.19. The molecule has 0 amide bonds. The molecule has 0 saturated carbocycles. The minimum absolute atomic E-state index is 0.00971. The van der Waals surface area contributed by atoms with Gasteiger partial charge in [0.1, 0.15) is 5.76 Å². The second-order valence-corrected chi connectivity index (χ2v) is 6.12. The van der Waals surface area contributed by atoms with Crippen molar-refractivity contribution in [3.63, 3.8) is 0 Å². The average molecular weight is 309 g/mol. The number of aromatic carboxylic acids is 1. The molecule has 7 heteroatoms. The highest BCUT2D eigenvalue weighted by atomic mass is 32.2. The maximum absolute atomic E-state index is 12.3. The summed E-state index contributed by atoms with van der Waals surface area (Å²) in [6.45, 7) is 1.82. The third-order valence-corrected chi connectivity index (χ3v) is 4.48. The minimum atomic E-state index is -3.81. The predicted molar refractivity (Wildman–Crippen MR) is 75.5 cm³/mol. The van der Waals surface area contributed by atoms with E-state index in [2.05, 4.69) is 4.72 Å². The lowest BCUT2D eigenvalue weighted by molar-refractivity contribution is 0.0696. The molecule has 0 aliphatic carbocycles. The summed E-state index contributed by atoms with van der Waals surface area (Å²) in [5, 5.41) is 8.99. The van der Waals surface area contributed by atoms with E-state index in [-0.39, 0.29) is 17.0 Å². The smallest absolute Gasteiger partial charge is 0.335 e. The van der Waals surface area contributed by atoms with Crippen LogP contribution in [0.25, 0.3) is 0 Å². The van der Waals surface area contributed by atoms with E-state index in [4.69, 9.17) is 9.52 Å². The second-order valence-electron chi connectivity index (χ2n) is 4.39. The van der Waals surface area contributed by atoms with E-state index in [1.54, 1.807) is 19.1 Å². The highest BCUT2D eigenvalue weighted by Gasteiger charge is 2.20. The van der Waals surface area contributed by atoms with Crippen molar-refractivity contribution in [3.05, 3.63) is 53.5 Å². The Labute approximate surface area is 122 Å². The molecule has 112 valence electrons. The minimum Gasteiger partial charge on any atom is -0.478 e. The standard InChI is InChI=1S/C14H15NO5S/c1-2-10-5-6-11(14(16)17)8-13(10)21(18,19)15-9-12-4-3-7-20-12/h3-8,15H,2,9H2,1H3,(H,16,17). The number of carboxylic acid groups (broad SMARTS) is 1. The Bertz CT molecular complexity index is 735. The van der Waals surface area contributed by atoms with Gasteiger partial charge in [0.05, 0.1) is 23.3 Å². The topological polar surface area (TPSA) is 96.6 Å². The highest BCUT2D eigenvalue weighted by molar-refractivity contribution is 7.89. The number of hydrogen-bond donors (Lipinski definition) is 2. The first-order valence-electron chi connectivity index (χ1n) is 6.32. The van der Waals surface area contributed by atoms with E-state index in [0.717, 1.165) is 0 Å². The summed E-state index contributed by atoms with van der Waals surface area (Å²) in [6, 6.07) is 7.40. The third kappa shape index (κ3) is 3.50. The molecular weight excluding hydrogens is 294 g/mol. The first kappa shape index (κ1) is 15.3. The van der Waals surface area contributed by atoms with Gasteiger partial charge in [0.2, 0.25) is 10.0 Å². The molecule has 0 bridgehead atoms. The monoisotopic (exact) mass is 309 g/mol. The van der Waals surface area contributed by atoms with Gasteiger partial charge in [-0.1, -0.05) is 13.0 Å². The van der Waals surface area contributed by atoms with Crippen LogP contribution in [0.4, 0.5) is 0 Å². The Kier molecular flexibility index (Phi) is 4.44. The van der Waals surface area contributed by atoms with Gasteiger partial charge in [-0.25, -0.2) is 17.9 Å². The lowest BCUT2D eigenvalue weighted by Crippen LogP contribution is -2.24. The molecule has 1 aromatic heterocycles. The van der Waals surface area contributed by atoms with Crippen molar-refractivity contribution in [2.75, 3.05) is 0 Å². The van der Waals surface area contributed by atoms with Crippen molar-refractivity contribution in [3.8, 4) is 0 Å². The number of furan rings is 1. The molecule has 1 heterocycles. The maximum Gasteiger partial charge on any atom is 0.335 e. The Balaban J connectivity index is 2.33. The van der Waals surface area contributed by atoms with Gasteiger partial charge in [-0.05, 0) is 36.2 Å². The Morgan fingerprint density at radius 2 is 2.10 bits per heavy atom. The molecular formula is C14H15NO5S. The number of hydrogen-bond acceptors (Lipinski definition) is 4. The predicted octanol–water partition coefficient (Wildman–Crippen LogP) is 2.02. The number of aryl methyl sites for hydroxylation is 1. The van der Waals surface area contributed by atoms with Gasteiger partial charge in [-0.2, -0.15) is 0 Å². The maximum atomic E-state index is 12.3. The van der Waals surface area contributed by atoms with Gasteiger partial charge in [0.15, 0.2) is 0 Å². The van der Waals surface area contributed by atoms with Crippen molar-refractivity contribution < 1.29 is 22.7 Å². The SMILES string of the molecule is CCc1ccc(C(=O)O)cc1S(=O)(=O)NCc1ccco1. The number of carbonyl (C=O) groups is 1. The Morgan fingerprint density at radius 1 is 1.33 bits per heavy atom. The van der Waals surface area contributed by atoms with Crippen LogP contribution in [0.5, 0.6) is 0 Å². The van der Waals surface area contributed by atoms with Gasteiger partial charge in [0.25, 0.3) is 0 Å². The second kappa shape index (κ2) is 6.11. The summed E-state index contributed by atoms with van der Waals surface area (Å²) in [6.07, 6.45) is 1.93. The molecule has 2 N–H and O–H groups in total. The molecule has 0 atom stereocenters. The normalized spacial score (nSPS) is 11.5. The summed E-state index contributed by atoms with van der Waals surface area (Å²) >= 11 is 0. The zero-order valence-electron chi connectivity index (χ0n) is 11.4. The molecule has 1 aromatic carbocycles. The van der Waals surface area contributed by atoms with E-state index >= 15 is 0 Å². The molecule has 0 radical (unpaired) electrons. The van der Waals surface area contributed by atoms with E-state index < -0.39 is 16.0 Å². The molecule has 0 saturated heterocycles. The largest absolute Gasteiger partial charge is 0.478 e. The first-order chi connectivity index (χ1) is 9.94. The fourth-order valence-corrected chi connectivity index (χ4v) is 3.21. The molecule has 0 spiro atoms. The summed E-state index contributed by atoms with van der Waals surface area (Å²) in [5.74, 6) is -0.689. The van der Waals surface area contributed by atoms with Crippen molar-refractivity contribution in [2.24, 2.45) is 0 Å². The van der Waals surface area contributed by atoms with Gasteiger partial charge < -0.3 is 9.52 Å². The van der Waals surface area contributed by atoms with Crippen LogP contribution in [0.15, 0.2) is 45.9 Å². The molecule has 6 nitrogen and oxygen atoms in total. The van der Waals surface area contributed by atoms with E-state index in [1.807, 2.05) is 0 Å². The zero-order valence-corrected chi connectivity index (χ0v) is 12.2. The van der Waals surface area contributed by atoms with Crippen LogP contribution in [0.2, 0.25) is 0 Å². The molecule has 21 heavy (non-hydrogen) atoms. The quantitative estimate of drug-likeness (QED) is 0.851. The van der Waals surface area contributed by atoms with Crippen molar-refractivity contribution in [1.29, 1.82) is 0 Å². The number of sulfonamides is 1. The summed E-state index contributed by atoms with van der Waals surface area (Å²) in [7, 11) is -3.81. The average Bonchev–Trinajstić information content (AvgIpc) is 2.98. The zero-order chi connectivity index (χ0) is 15.5. The Morgan fingerprint density at radius 3 is 2.67 bits per heavy atom. The summed E-state index contributed by atoms with van der Waals surface area (Å²) < 4.78 is 32.1. The van der Waals surface area contributed by atoms with Gasteiger partial charge in [-0.15, -0.1) is 0 Å². The fraction of sp³-hybridized carbons (Fsp3) is 0.214. The molecule has 2 rings (SSSR count). The van der Waals surface area contributed by atoms with Gasteiger partial charge >= 0.3 is 5.97 Å². The first-order valence-corrected chi connectivity index (χ1v) is 7.80. The van der Waals surface area contributed by atoms with Crippen molar-refractivity contribution in [1.82, 2.24) is 4.72 Å². The molecule has 0 aliphatic heterocycles. The van der Waals surface area contributed by atoms with Crippen LogP contribution < -0.4 is 4.72 Å². The number of rotatable bonds is 6. The van der Waals surface area contributed by atoms with Crippen LogP contribution >= 0.6 is 0 Å². The number of benzene rings is 1. The van der Waals surface area contributed by atoms with Crippen LogP contribution in [0.1, 0.15) is 28.6 Å². The Hall–Kier alpha value is -2.12. The number of carboxylic acids is 1. The van der Waals surface area contributed by atoms with E-state index in [0.29, 0.717) is 17.7 Å². The van der Waals surface area contributed by atoms with Crippen LogP contribution in [0.3, 0.4) is 0 Å². The van der Waals surface area contributed by atoms with Crippen LogP contribution in [-0.4, -0.2) is 19.5 Å². The third-order valence-electron chi connectivity index (χ3n) is 3.00. The summed E-state index contributed by atoms with van der Waals surface area (Å²) in [4.78, 5) is 11.0. The molecule has 0 aliphatic rings. The molecule has 0 fully saturated rings. The van der Waals surface area contributed by atoms with Gasteiger partial charge in [0, 0.05) is 0 Å². The molecule has 0 unspecified atom stereocenters. The lowest BCUT2D eigenvalue weighted by atomic mass is 10.1. The van der Waals surface area contributed by atoms with E-state index in [9.17, 15) is 13.2 Å². The van der Waals surface area contributed by atoms with E-state index in [1.165, 1.54) is 24.5 Å². The fourth-order valence-electron chi connectivity index (χ4n) is 1.89. The van der Waals surface area contributed by atoms with Crippen molar-refractivity contribution >= 4 is 16.0 Å². The van der Waals surface area contributed by atoms with Gasteiger partial charge in [-0.3, -0.25) is 0 Å². The molecule has 2 aromatic rings. The number of nitrogens with one attached hydrogen (secondary N) is 1. The van der Waals surface area contributed by atoms with Crippen molar-refractivity contribution in [2.45, 2.75) is 24.8 Å². The van der Waals surface area contributed by atoms with Crippen LogP contribution in [0, 0.1) is 0 Å².